The van der Waals surface area contributed by atoms with Crippen LogP contribution in [0.3, 0.4) is 0 Å². The molecule has 2 N–H and O–H groups in total. The fraction of sp³-hybridized carbons (Fsp3) is 0.308. The van der Waals surface area contributed by atoms with Gasteiger partial charge in [0.05, 0.1) is 6.10 Å². The van der Waals surface area contributed by atoms with Gasteiger partial charge < -0.3 is 15.2 Å². The van der Waals surface area contributed by atoms with Crippen LogP contribution in [0, 0.1) is 0 Å². The van der Waals surface area contributed by atoms with E-state index in [4.69, 9.17) is 5.11 Å². The Bertz CT molecular complexity index is 467. The second-order valence-electron chi connectivity index (χ2n) is 4.04. The molecule has 0 aliphatic rings. The highest BCUT2D eigenvalue weighted by Crippen LogP contribution is 2.22. The zero-order valence-corrected chi connectivity index (χ0v) is 10.6. The lowest BCUT2D eigenvalue weighted by atomic mass is 10.2. The fourth-order valence-corrected chi connectivity index (χ4v) is 1.26. The van der Waals surface area contributed by atoms with Crippen LogP contribution >= 0.6 is 0 Å². The molecular formula is C13H14F3NO3. The van der Waals surface area contributed by atoms with Crippen molar-refractivity contribution in [1.29, 1.82) is 0 Å². The number of amides is 1. The monoisotopic (exact) mass is 289 g/mol. The minimum atomic E-state index is -4.72. The smallest absolute Gasteiger partial charge is 0.406 e. The van der Waals surface area contributed by atoms with E-state index in [9.17, 15) is 18.0 Å². The SMILES string of the molecule is C[C@H](O)CNC(=O)C=Cc1ccc(OC(F)(F)F)cc1. The van der Waals surface area contributed by atoms with Crippen LogP contribution in [0.4, 0.5) is 13.2 Å². The van der Waals surface area contributed by atoms with Crippen LogP contribution < -0.4 is 10.1 Å². The Hall–Kier alpha value is -2.02. The predicted octanol–water partition coefficient (Wildman–Crippen LogP) is 2.10. The molecule has 0 saturated heterocycles. The van der Waals surface area contributed by atoms with Gasteiger partial charge >= 0.3 is 6.36 Å². The van der Waals surface area contributed by atoms with Gasteiger partial charge in [0.2, 0.25) is 5.91 Å². The Morgan fingerprint density at radius 3 is 2.50 bits per heavy atom. The molecule has 0 fully saturated rings. The van der Waals surface area contributed by atoms with Gasteiger partial charge in [-0.05, 0) is 30.7 Å². The third-order valence-electron chi connectivity index (χ3n) is 2.11. The van der Waals surface area contributed by atoms with E-state index >= 15 is 0 Å². The summed E-state index contributed by atoms with van der Waals surface area (Å²) in [5.74, 6) is -0.727. The Morgan fingerprint density at radius 1 is 1.40 bits per heavy atom. The summed E-state index contributed by atoms with van der Waals surface area (Å²) in [6.07, 6.45) is -2.71. The highest BCUT2D eigenvalue weighted by Gasteiger charge is 2.30. The lowest BCUT2D eigenvalue weighted by Gasteiger charge is -2.08. The summed E-state index contributed by atoms with van der Waals surface area (Å²) in [6, 6.07) is 5.08. The van der Waals surface area contributed by atoms with Crippen molar-refractivity contribution in [1.82, 2.24) is 5.32 Å². The minimum absolute atomic E-state index is 0.127. The van der Waals surface area contributed by atoms with Crippen LogP contribution in [-0.4, -0.2) is 30.0 Å². The number of benzene rings is 1. The summed E-state index contributed by atoms with van der Waals surface area (Å²) in [4.78, 5) is 11.3. The second-order valence-corrected chi connectivity index (χ2v) is 4.04. The zero-order valence-electron chi connectivity index (χ0n) is 10.6. The number of carbonyl (C=O) groups is 1. The highest BCUT2D eigenvalue weighted by molar-refractivity contribution is 5.91. The number of ether oxygens (including phenoxy) is 1. The predicted molar refractivity (Wildman–Crippen MR) is 66.8 cm³/mol. The molecule has 1 aromatic rings. The van der Waals surface area contributed by atoms with E-state index in [1.165, 1.54) is 31.2 Å². The van der Waals surface area contributed by atoms with Crippen molar-refractivity contribution in [3.8, 4) is 5.75 Å². The van der Waals surface area contributed by atoms with Crippen molar-refractivity contribution in [2.45, 2.75) is 19.4 Å². The van der Waals surface area contributed by atoms with E-state index in [0.717, 1.165) is 12.1 Å². The van der Waals surface area contributed by atoms with Crippen LogP contribution in [0.15, 0.2) is 30.3 Å². The zero-order chi connectivity index (χ0) is 15.2. The summed E-state index contributed by atoms with van der Waals surface area (Å²) in [5, 5.41) is 11.4. The highest BCUT2D eigenvalue weighted by atomic mass is 19.4. The summed E-state index contributed by atoms with van der Waals surface area (Å²) >= 11 is 0. The van der Waals surface area contributed by atoms with Gasteiger partial charge in [0.1, 0.15) is 5.75 Å². The van der Waals surface area contributed by atoms with E-state index in [1.807, 2.05) is 0 Å². The van der Waals surface area contributed by atoms with Gasteiger partial charge in [0.15, 0.2) is 0 Å². The van der Waals surface area contributed by atoms with Crippen LogP contribution in [0.1, 0.15) is 12.5 Å². The molecule has 0 aromatic heterocycles. The first-order chi connectivity index (χ1) is 9.26. The van der Waals surface area contributed by atoms with Crippen molar-refractivity contribution in [2.24, 2.45) is 0 Å². The first-order valence-electron chi connectivity index (χ1n) is 5.76. The molecule has 1 rings (SSSR count). The van der Waals surface area contributed by atoms with Gasteiger partial charge in [-0.2, -0.15) is 0 Å². The average molecular weight is 289 g/mol. The first kappa shape index (κ1) is 16.0. The molecule has 0 saturated carbocycles. The maximum Gasteiger partial charge on any atom is 0.573 e. The van der Waals surface area contributed by atoms with E-state index in [0.29, 0.717) is 5.56 Å². The average Bonchev–Trinajstić information content (AvgIpc) is 2.33. The number of carbonyl (C=O) groups excluding carboxylic acids is 1. The summed E-state index contributed by atoms with van der Waals surface area (Å²) in [5.41, 5.74) is 0.548. The first-order valence-corrected chi connectivity index (χ1v) is 5.76. The quantitative estimate of drug-likeness (QED) is 0.816. The molecule has 0 heterocycles. The Morgan fingerprint density at radius 2 is 2.00 bits per heavy atom. The van der Waals surface area contributed by atoms with Crippen LogP contribution in [0.2, 0.25) is 0 Å². The number of hydrogen-bond donors (Lipinski definition) is 2. The third-order valence-corrected chi connectivity index (χ3v) is 2.11. The van der Waals surface area contributed by atoms with Gasteiger partial charge in [0, 0.05) is 12.6 Å². The number of halogens is 3. The normalized spacial score (nSPS) is 13.2. The molecule has 1 amide bonds. The molecule has 0 spiro atoms. The van der Waals surface area contributed by atoms with E-state index in [2.05, 4.69) is 10.1 Å². The van der Waals surface area contributed by atoms with Gasteiger partial charge in [-0.1, -0.05) is 12.1 Å². The van der Waals surface area contributed by atoms with Gasteiger partial charge in [0.25, 0.3) is 0 Å². The number of aliphatic hydroxyl groups excluding tert-OH is 1. The number of alkyl halides is 3. The lowest BCUT2D eigenvalue weighted by Crippen LogP contribution is -2.28. The van der Waals surface area contributed by atoms with Gasteiger partial charge in [-0.25, -0.2) is 0 Å². The molecule has 0 aliphatic heterocycles. The maximum atomic E-state index is 11.9. The van der Waals surface area contributed by atoms with Gasteiger partial charge in [-0.15, -0.1) is 13.2 Å². The Kier molecular flexibility index (Phi) is 5.57. The van der Waals surface area contributed by atoms with Crippen LogP contribution in [0.25, 0.3) is 6.08 Å². The topological polar surface area (TPSA) is 58.6 Å². The molecule has 0 unspecified atom stereocenters. The molecule has 1 atom stereocenters. The van der Waals surface area contributed by atoms with E-state index in [-0.39, 0.29) is 12.3 Å². The van der Waals surface area contributed by atoms with Crippen molar-refractivity contribution in [2.75, 3.05) is 6.54 Å². The molecule has 110 valence electrons. The maximum absolute atomic E-state index is 11.9. The molecule has 4 nitrogen and oxygen atoms in total. The molecular weight excluding hydrogens is 275 g/mol. The fourth-order valence-electron chi connectivity index (χ4n) is 1.26. The van der Waals surface area contributed by atoms with Crippen LogP contribution in [0.5, 0.6) is 5.75 Å². The lowest BCUT2D eigenvalue weighted by molar-refractivity contribution is -0.274. The molecule has 1 aromatic carbocycles. The number of nitrogens with one attached hydrogen (secondary N) is 1. The standard InChI is InChI=1S/C13H14F3NO3/c1-9(18)8-17-12(19)7-4-10-2-5-11(6-3-10)20-13(14,15)16/h2-7,9,18H,8H2,1H3,(H,17,19)/t9-/m0/s1. The van der Waals surface area contributed by atoms with Crippen LogP contribution in [-0.2, 0) is 4.79 Å². The van der Waals surface area contributed by atoms with Crippen molar-refractivity contribution in [3.63, 3.8) is 0 Å². The van der Waals surface area contributed by atoms with Crippen molar-refractivity contribution in [3.05, 3.63) is 35.9 Å². The van der Waals surface area contributed by atoms with Crippen molar-refractivity contribution < 1.29 is 27.8 Å². The largest absolute Gasteiger partial charge is 0.573 e. The number of rotatable bonds is 5. The second kappa shape index (κ2) is 6.95. The molecule has 0 aliphatic carbocycles. The molecule has 20 heavy (non-hydrogen) atoms. The summed E-state index contributed by atoms with van der Waals surface area (Å²) in [6.45, 7) is 1.66. The third kappa shape index (κ3) is 6.79. The van der Waals surface area contributed by atoms with E-state index in [1.54, 1.807) is 0 Å². The number of hydrogen-bond acceptors (Lipinski definition) is 3. The van der Waals surface area contributed by atoms with Crippen molar-refractivity contribution >= 4 is 12.0 Å². The molecule has 7 heteroatoms. The van der Waals surface area contributed by atoms with E-state index < -0.39 is 18.4 Å². The summed E-state index contributed by atoms with van der Waals surface area (Å²) < 4.78 is 39.5. The number of aliphatic hydroxyl groups is 1. The molecule has 0 radical (unpaired) electrons. The molecule has 0 bridgehead atoms. The van der Waals surface area contributed by atoms with Gasteiger partial charge in [-0.3, -0.25) is 4.79 Å². The summed E-state index contributed by atoms with van der Waals surface area (Å²) in [7, 11) is 0. The Balaban J connectivity index is 2.55. The minimum Gasteiger partial charge on any atom is -0.406 e. The Labute approximate surface area is 113 Å².